The zero-order chi connectivity index (χ0) is 18.0. The van der Waals surface area contributed by atoms with E-state index in [9.17, 15) is 13.2 Å². The Morgan fingerprint density at radius 2 is 1.80 bits per heavy atom. The zero-order valence-electron chi connectivity index (χ0n) is 14.4. The molecule has 3 rings (SSSR count). The van der Waals surface area contributed by atoms with Gasteiger partial charge in [-0.15, -0.1) is 0 Å². The fourth-order valence-corrected chi connectivity index (χ4v) is 5.49. The lowest BCUT2D eigenvalue weighted by atomic mass is 9.88. The van der Waals surface area contributed by atoms with Crippen LogP contribution < -0.4 is 0 Å². The van der Waals surface area contributed by atoms with Crippen molar-refractivity contribution in [3.05, 3.63) is 23.0 Å². The lowest BCUT2D eigenvalue weighted by Gasteiger charge is -2.36. The van der Waals surface area contributed by atoms with Gasteiger partial charge in [-0.3, -0.25) is 9.78 Å². The standard InChI is InChI=1S/C17H24ClN3O3S/c1-13-16(11-15(18)12-19-13)25(23,24)21-9-7-20(8-10-21)17(22)14-5-3-2-4-6-14/h11-12,14H,2-10H2,1H3. The predicted molar refractivity (Wildman–Crippen MR) is 95.9 cm³/mol. The Bertz CT molecular complexity index is 740. The predicted octanol–water partition coefficient (Wildman–Crippen LogP) is 2.46. The molecule has 1 aliphatic carbocycles. The van der Waals surface area contributed by atoms with Crippen molar-refractivity contribution < 1.29 is 13.2 Å². The van der Waals surface area contributed by atoms with Gasteiger partial charge in [-0.25, -0.2) is 8.42 Å². The topological polar surface area (TPSA) is 70.6 Å². The highest BCUT2D eigenvalue weighted by Gasteiger charge is 2.33. The first-order valence-corrected chi connectivity index (χ1v) is 10.6. The Morgan fingerprint density at radius 3 is 2.44 bits per heavy atom. The minimum atomic E-state index is -3.64. The van der Waals surface area contributed by atoms with Crippen molar-refractivity contribution in [2.24, 2.45) is 5.92 Å². The van der Waals surface area contributed by atoms with E-state index in [1.807, 2.05) is 4.90 Å². The number of aromatic nitrogens is 1. The van der Waals surface area contributed by atoms with Crippen LogP contribution in [0.1, 0.15) is 37.8 Å². The lowest BCUT2D eigenvalue weighted by molar-refractivity contribution is -0.137. The number of piperazine rings is 1. The van der Waals surface area contributed by atoms with Gasteiger partial charge in [0.2, 0.25) is 15.9 Å². The van der Waals surface area contributed by atoms with E-state index in [0.29, 0.717) is 36.9 Å². The van der Waals surface area contributed by atoms with Crippen LogP contribution in [0.2, 0.25) is 5.02 Å². The summed E-state index contributed by atoms with van der Waals surface area (Å²) in [7, 11) is -3.64. The highest BCUT2D eigenvalue weighted by Crippen LogP contribution is 2.27. The third-order valence-electron chi connectivity index (χ3n) is 5.13. The summed E-state index contributed by atoms with van der Waals surface area (Å²) in [5, 5.41) is 0.301. The van der Waals surface area contributed by atoms with Crippen LogP contribution in [0, 0.1) is 12.8 Å². The number of amides is 1. The second kappa shape index (κ2) is 7.60. The molecule has 0 radical (unpaired) electrons. The third-order valence-corrected chi connectivity index (χ3v) is 7.35. The van der Waals surface area contributed by atoms with Gasteiger partial charge in [0.15, 0.2) is 0 Å². The second-order valence-corrected chi connectivity index (χ2v) is 9.14. The maximum absolute atomic E-state index is 12.9. The van der Waals surface area contributed by atoms with Crippen LogP contribution in [-0.4, -0.2) is 54.7 Å². The molecule has 25 heavy (non-hydrogen) atoms. The number of hydrogen-bond acceptors (Lipinski definition) is 4. The van der Waals surface area contributed by atoms with Gasteiger partial charge < -0.3 is 4.90 Å². The summed E-state index contributed by atoms with van der Waals surface area (Å²) >= 11 is 5.91. The molecule has 2 heterocycles. The summed E-state index contributed by atoms with van der Waals surface area (Å²) in [4.78, 5) is 18.6. The summed E-state index contributed by atoms with van der Waals surface area (Å²) in [5.41, 5.74) is 0.435. The number of sulfonamides is 1. The van der Waals surface area contributed by atoms with Crippen LogP contribution in [0.5, 0.6) is 0 Å². The first-order valence-electron chi connectivity index (χ1n) is 8.80. The Labute approximate surface area is 154 Å². The van der Waals surface area contributed by atoms with Crippen LogP contribution >= 0.6 is 11.6 Å². The van der Waals surface area contributed by atoms with Crippen molar-refractivity contribution in [2.45, 2.75) is 43.9 Å². The Kier molecular flexibility index (Phi) is 5.65. The van der Waals surface area contributed by atoms with Crippen LogP contribution in [0.3, 0.4) is 0 Å². The monoisotopic (exact) mass is 385 g/mol. The number of aryl methyl sites for hydroxylation is 1. The number of carbonyl (C=O) groups is 1. The Hall–Kier alpha value is -1.18. The molecule has 0 bridgehead atoms. The molecule has 8 heteroatoms. The molecule has 1 saturated carbocycles. The van der Waals surface area contributed by atoms with Gasteiger partial charge in [0, 0.05) is 38.3 Å². The van der Waals surface area contributed by atoms with E-state index in [-0.39, 0.29) is 16.7 Å². The third kappa shape index (κ3) is 3.99. The number of nitrogens with zero attached hydrogens (tertiary/aromatic N) is 3. The summed E-state index contributed by atoms with van der Waals surface area (Å²) < 4.78 is 27.2. The smallest absolute Gasteiger partial charge is 0.245 e. The molecule has 1 amide bonds. The minimum absolute atomic E-state index is 0.122. The molecule has 1 saturated heterocycles. The Balaban J connectivity index is 1.67. The van der Waals surface area contributed by atoms with E-state index >= 15 is 0 Å². The average molecular weight is 386 g/mol. The molecule has 1 aromatic rings. The molecular formula is C17H24ClN3O3S. The molecule has 2 aliphatic rings. The van der Waals surface area contributed by atoms with Gasteiger partial charge in [-0.1, -0.05) is 30.9 Å². The van der Waals surface area contributed by atoms with E-state index < -0.39 is 10.0 Å². The van der Waals surface area contributed by atoms with Crippen molar-refractivity contribution in [3.8, 4) is 0 Å². The lowest BCUT2D eigenvalue weighted by Crippen LogP contribution is -2.52. The van der Waals surface area contributed by atoms with Crippen LogP contribution in [0.15, 0.2) is 17.2 Å². The summed E-state index contributed by atoms with van der Waals surface area (Å²) in [6, 6.07) is 1.44. The molecule has 1 aliphatic heterocycles. The van der Waals surface area contributed by atoms with E-state index in [1.165, 1.54) is 23.0 Å². The van der Waals surface area contributed by atoms with E-state index in [1.54, 1.807) is 6.92 Å². The fraction of sp³-hybridized carbons (Fsp3) is 0.647. The largest absolute Gasteiger partial charge is 0.340 e. The summed E-state index contributed by atoms with van der Waals surface area (Å²) in [6.45, 7) is 3.18. The van der Waals surface area contributed by atoms with Crippen molar-refractivity contribution in [3.63, 3.8) is 0 Å². The fourth-order valence-electron chi connectivity index (χ4n) is 3.65. The first-order chi connectivity index (χ1) is 11.9. The maximum Gasteiger partial charge on any atom is 0.245 e. The molecule has 2 fully saturated rings. The molecule has 1 aromatic heterocycles. The maximum atomic E-state index is 12.9. The average Bonchev–Trinajstić information content (AvgIpc) is 2.64. The van der Waals surface area contributed by atoms with E-state index in [2.05, 4.69) is 4.98 Å². The zero-order valence-corrected chi connectivity index (χ0v) is 16.0. The van der Waals surface area contributed by atoms with Crippen LogP contribution in [-0.2, 0) is 14.8 Å². The van der Waals surface area contributed by atoms with Crippen molar-refractivity contribution in [2.75, 3.05) is 26.2 Å². The van der Waals surface area contributed by atoms with Gasteiger partial charge in [0.05, 0.1) is 10.7 Å². The van der Waals surface area contributed by atoms with Crippen LogP contribution in [0.4, 0.5) is 0 Å². The van der Waals surface area contributed by atoms with E-state index in [4.69, 9.17) is 11.6 Å². The van der Waals surface area contributed by atoms with E-state index in [0.717, 1.165) is 25.7 Å². The van der Waals surface area contributed by atoms with Gasteiger partial charge in [-0.05, 0) is 25.8 Å². The van der Waals surface area contributed by atoms with Gasteiger partial charge in [0.25, 0.3) is 0 Å². The number of rotatable bonds is 3. The summed E-state index contributed by atoms with van der Waals surface area (Å²) in [5.74, 6) is 0.314. The molecule has 0 aromatic carbocycles. The van der Waals surface area contributed by atoms with Gasteiger partial charge in [-0.2, -0.15) is 4.31 Å². The second-order valence-electron chi connectivity index (χ2n) is 6.80. The Morgan fingerprint density at radius 1 is 1.16 bits per heavy atom. The molecule has 138 valence electrons. The minimum Gasteiger partial charge on any atom is -0.340 e. The van der Waals surface area contributed by atoms with Crippen molar-refractivity contribution in [1.82, 2.24) is 14.2 Å². The van der Waals surface area contributed by atoms with Crippen LogP contribution in [0.25, 0.3) is 0 Å². The highest BCUT2D eigenvalue weighted by atomic mass is 35.5. The van der Waals surface area contributed by atoms with Gasteiger partial charge in [0.1, 0.15) is 4.90 Å². The number of hydrogen-bond donors (Lipinski definition) is 0. The summed E-state index contributed by atoms with van der Waals surface area (Å²) in [6.07, 6.45) is 6.81. The van der Waals surface area contributed by atoms with Crippen molar-refractivity contribution in [1.29, 1.82) is 0 Å². The quantitative estimate of drug-likeness (QED) is 0.801. The first kappa shape index (κ1) is 18.6. The van der Waals surface area contributed by atoms with Gasteiger partial charge >= 0.3 is 0 Å². The molecule has 0 N–H and O–H groups in total. The number of carbonyl (C=O) groups excluding carboxylic acids is 1. The molecular weight excluding hydrogens is 362 g/mol. The number of pyridine rings is 1. The SMILES string of the molecule is Cc1ncc(Cl)cc1S(=O)(=O)N1CCN(C(=O)C2CCCCC2)CC1. The number of halogens is 1. The van der Waals surface area contributed by atoms with Crippen molar-refractivity contribution >= 4 is 27.5 Å². The normalized spacial score (nSPS) is 20.6. The molecule has 6 nitrogen and oxygen atoms in total. The molecule has 0 spiro atoms. The molecule has 0 unspecified atom stereocenters. The highest BCUT2D eigenvalue weighted by molar-refractivity contribution is 7.89. The molecule has 0 atom stereocenters.